The van der Waals surface area contributed by atoms with Crippen LogP contribution in [0, 0.1) is 0 Å². The van der Waals surface area contributed by atoms with Crippen molar-refractivity contribution in [3.05, 3.63) is 52.5 Å². The molecule has 0 unspecified atom stereocenters. The van der Waals surface area contributed by atoms with E-state index >= 15 is 0 Å². The van der Waals surface area contributed by atoms with Crippen LogP contribution >= 0.6 is 0 Å². The van der Waals surface area contributed by atoms with Gasteiger partial charge in [-0.05, 0) is 26.8 Å². The highest BCUT2D eigenvalue weighted by atomic mass is 16.5. The number of ether oxygens (including phenoxy) is 1. The van der Waals surface area contributed by atoms with Crippen LogP contribution in [-0.4, -0.2) is 22.4 Å². The van der Waals surface area contributed by atoms with Crippen molar-refractivity contribution >= 4 is 16.7 Å². The SMILES string of the molecule is CC=CCOC(=O)c1nn(C(C)C)c(=O)c2ccccc12. The highest BCUT2D eigenvalue weighted by Crippen LogP contribution is 2.15. The van der Waals surface area contributed by atoms with Crippen molar-refractivity contribution in [1.29, 1.82) is 0 Å². The average Bonchev–Trinajstić information content (AvgIpc) is 2.47. The number of hydrogen-bond acceptors (Lipinski definition) is 4. The van der Waals surface area contributed by atoms with Crippen LogP contribution in [0.1, 0.15) is 37.3 Å². The Morgan fingerprint density at radius 3 is 2.62 bits per heavy atom. The van der Waals surface area contributed by atoms with Gasteiger partial charge in [-0.3, -0.25) is 4.79 Å². The van der Waals surface area contributed by atoms with Crippen molar-refractivity contribution < 1.29 is 9.53 Å². The molecule has 110 valence electrons. The Morgan fingerprint density at radius 1 is 1.33 bits per heavy atom. The molecule has 0 atom stereocenters. The maximum atomic E-state index is 12.3. The van der Waals surface area contributed by atoms with Gasteiger partial charge in [-0.2, -0.15) is 5.10 Å². The predicted octanol–water partition coefficient (Wildman–Crippen LogP) is 2.71. The maximum absolute atomic E-state index is 12.3. The zero-order valence-electron chi connectivity index (χ0n) is 12.4. The highest BCUT2D eigenvalue weighted by Gasteiger charge is 2.18. The molecule has 0 aliphatic rings. The molecule has 0 spiro atoms. The second-order valence-electron chi connectivity index (χ2n) is 4.91. The lowest BCUT2D eigenvalue weighted by Gasteiger charge is -2.12. The number of nitrogens with zero attached hydrogens (tertiary/aromatic N) is 2. The predicted molar refractivity (Wildman–Crippen MR) is 81.5 cm³/mol. The summed E-state index contributed by atoms with van der Waals surface area (Å²) in [5.41, 5.74) is -0.0333. The monoisotopic (exact) mass is 286 g/mol. The summed E-state index contributed by atoms with van der Waals surface area (Å²) in [6, 6.07) is 6.81. The topological polar surface area (TPSA) is 61.2 Å². The van der Waals surface area contributed by atoms with Crippen molar-refractivity contribution in [3.63, 3.8) is 0 Å². The number of allylic oxidation sites excluding steroid dienone is 1. The van der Waals surface area contributed by atoms with E-state index in [1.54, 1.807) is 36.4 Å². The Bertz CT molecular complexity index is 745. The third-order valence-electron chi connectivity index (χ3n) is 3.06. The lowest BCUT2D eigenvalue weighted by Crippen LogP contribution is -2.27. The van der Waals surface area contributed by atoms with Crippen molar-refractivity contribution in [2.24, 2.45) is 0 Å². The summed E-state index contributed by atoms with van der Waals surface area (Å²) in [5, 5.41) is 5.17. The summed E-state index contributed by atoms with van der Waals surface area (Å²) in [7, 11) is 0. The van der Waals surface area contributed by atoms with Crippen LogP contribution in [-0.2, 0) is 4.74 Å². The van der Waals surface area contributed by atoms with E-state index in [0.29, 0.717) is 10.8 Å². The molecule has 0 bridgehead atoms. The molecule has 0 aliphatic carbocycles. The molecule has 0 fully saturated rings. The Balaban J connectivity index is 2.59. The number of rotatable bonds is 4. The van der Waals surface area contributed by atoms with E-state index in [2.05, 4.69) is 5.10 Å². The van der Waals surface area contributed by atoms with Crippen LogP contribution in [0.2, 0.25) is 0 Å². The first-order chi connectivity index (χ1) is 10.1. The van der Waals surface area contributed by atoms with Gasteiger partial charge < -0.3 is 4.74 Å². The molecule has 1 aromatic carbocycles. The van der Waals surface area contributed by atoms with Gasteiger partial charge in [0.05, 0.1) is 11.4 Å². The molecule has 0 N–H and O–H groups in total. The van der Waals surface area contributed by atoms with Gasteiger partial charge in [0.25, 0.3) is 5.56 Å². The fraction of sp³-hybridized carbons (Fsp3) is 0.312. The molecule has 2 rings (SSSR count). The molecule has 0 radical (unpaired) electrons. The molecular weight excluding hydrogens is 268 g/mol. The normalized spacial score (nSPS) is 11.4. The van der Waals surface area contributed by atoms with E-state index in [1.807, 2.05) is 20.8 Å². The molecule has 21 heavy (non-hydrogen) atoms. The average molecular weight is 286 g/mol. The minimum Gasteiger partial charge on any atom is -0.457 e. The van der Waals surface area contributed by atoms with Gasteiger partial charge in [-0.15, -0.1) is 0 Å². The first-order valence-electron chi connectivity index (χ1n) is 6.86. The van der Waals surface area contributed by atoms with E-state index in [0.717, 1.165) is 0 Å². The minimum absolute atomic E-state index is 0.135. The summed E-state index contributed by atoms with van der Waals surface area (Å²) in [5.74, 6) is -0.529. The largest absolute Gasteiger partial charge is 0.457 e. The minimum atomic E-state index is -0.529. The first-order valence-corrected chi connectivity index (χ1v) is 6.86. The smallest absolute Gasteiger partial charge is 0.359 e. The van der Waals surface area contributed by atoms with E-state index in [4.69, 9.17) is 4.74 Å². The number of benzene rings is 1. The second-order valence-corrected chi connectivity index (χ2v) is 4.91. The molecule has 0 aliphatic heterocycles. The second kappa shape index (κ2) is 6.35. The molecule has 5 heteroatoms. The number of aromatic nitrogens is 2. The Morgan fingerprint density at radius 2 is 2.00 bits per heavy atom. The van der Waals surface area contributed by atoms with Gasteiger partial charge in [0.15, 0.2) is 5.69 Å². The van der Waals surface area contributed by atoms with E-state index in [9.17, 15) is 9.59 Å². The first kappa shape index (κ1) is 15.0. The molecule has 2 aromatic rings. The van der Waals surface area contributed by atoms with Crippen molar-refractivity contribution in [2.75, 3.05) is 6.61 Å². The molecular formula is C16H18N2O3. The van der Waals surface area contributed by atoms with Crippen LogP contribution in [0.25, 0.3) is 10.8 Å². The van der Waals surface area contributed by atoms with Crippen LogP contribution < -0.4 is 5.56 Å². The van der Waals surface area contributed by atoms with Crippen LogP contribution in [0.3, 0.4) is 0 Å². The quantitative estimate of drug-likeness (QED) is 0.640. The molecule has 1 aromatic heterocycles. The molecule has 0 saturated heterocycles. The highest BCUT2D eigenvalue weighted by molar-refractivity contribution is 6.02. The molecule has 0 amide bonds. The Kier molecular flexibility index (Phi) is 4.52. The number of esters is 1. The van der Waals surface area contributed by atoms with Crippen molar-refractivity contribution in [1.82, 2.24) is 9.78 Å². The Labute approximate surface area is 122 Å². The summed E-state index contributed by atoms with van der Waals surface area (Å²) >= 11 is 0. The van der Waals surface area contributed by atoms with Crippen molar-refractivity contribution in [3.8, 4) is 0 Å². The fourth-order valence-corrected chi connectivity index (χ4v) is 2.00. The van der Waals surface area contributed by atoms with Crippen LogP contribution in [0.15, 0.2) is 41.2 Å². The van der Waals surface area contributed by atoms with Gasteiger partial charge >= 0.3 is 5.97 Å². The maximum Gasteiger partial charge on any atom is 0.359 e. The number of fused-ring (bicyclic) bond motifs is 1. The molecule has 1 heterocycles. The number of hydrogen-bond donors (Lipinski definition) is 0. The standard InChI is InChI=1S/C16H18N2O3/c1-4-5-10-21-16(20)14-12-8-6-7-9-13(12)15(19)18(17-14)11(2)3/h4-9,11H,10H2,1-3H3. The zero-order chi connectivity index (χ0) is 15.4. The van der Waals surface area contributed by atoms with Gasteiger partial charge in [0, 0.05) is 5.39 Å². The van der Waals surface area contributed by atoms with Gasteiger partial charge in [0.1, 0.15) is 6.61 Å². The zero-order valence-corrected chi connectivity index (χ0v) is 12.4. The van der Waals surface area contributed by atoms with Gasteiger partial charge in [0.2, 0.25) is 0 Å². The fourth-order valence-electron chi connectivity index (χ4n) is 2.00. The third-order valence-corrected chi connectivity index (χ3v) is 3.06. The third kappa shape index (κ3) is 3.02. The lowest BCUT2D eigenvalue weighted by molar-refractivity contribution is 0.0542. The summed E-state index contributed by atoms with van der Waals surface area (Å²) < 4.78 is 6.46. The van der Waals surface area contributed by atoms with Crippen LogP contribution in [0.5, 0.6) is 0 Å². The van der Waals surface area contributed by atoms with Gasteiger partial charge in [-0.1, -0.05) is 30.4 Å². The molecule has 0 saturated carbocycles. The van der Waals surface area contributed by atoms with E-state index in [-0.39, 0.29) is 23.9 Å². The van der Waals surface area contributed by atoms with E-state index in [1.165, 1.54) is 4.68 Å². The Hall–Kier alpha value is -2.43. The lowest BCUT2D eigenvalue weighted by atomic mass is 10.1. The number of carbonyl (C=O) groups excluding carboxylic acids is 1. The van der Waals surface area contributed by atoms with E-state index < -0.39 is 5.97 Å². The summed E-state index contributed by atoms with van der Waals surface area (Å²) in [6.45, 7) is 5.72. The van der Waals surface area contributed by atoms with Gasteiger partial charge in [-0.25, -0.2) is 9.48 Å². The number of carbonyl (C=O) groups is 1. The molecule has 5 nitrogen and oxygen atoms in total. The van der Waals surface area contributed by atoms with Crippen LogP contribution in [0.4, 0.5) is 0 Å². The summed E-state index contributed by atoms with van der Waals surface area (Å²) in [6.07, 6.45) is 3.53. The van der Waals surface area contributed by atoms with Crippen molar-refractivity contribution in [2.45, 2.75) is 26.8 Å². The summed E-state index contributed by atoms with van der Waals surface area (Å²) in [4.78, 5) is 24.5.